The molecule has 0 bridgehead atoms. The Kier molecular flexibility index (Phi) is 3.58. The fraction of sp³-hybridized carbons (Fsp3) is 0.286. The minimum atomic E-state index is -0.667. The molecule has 106 valence electrons. The summed E-state index contributed by atoms with van der Waals surface area (Å²) in [5, 5.41) is 0.454. The quantitative estimate of drug-likeness (QED) is 0.829. The van der Waals surface area contributed by atoms with E-state index >= 15 is 0 Å². The molecule has 2 rings (SSSR count). The van der Waals surface area contributed by atoms with Crippen molar-refractivity contribution in [3.8, 4) is 16.9 Å². The van der Waals surface area contributed by atoms with Gasteiger partial charge in [0.05, 0.1) is 11.3 Å². The Morgan fingerprint density at radius 3 is 2.45 bits per heavy atom. The summed E-state index contributed by atoms with van der Waals surface area (Å²) in [7, 11) is 0. The third kappa shape index (κ3) is 2.69. The van der Waals surface area contributed by atoms with Crippen molar-refractivity contribution in [3.63, 3.8) is 0 Å². The topological polar surface area (TPSA) is 95.4 Å². The summed E-state index contributed by atoms with van der Waals surface area (Å²) in [6.07, 6.45) is 0. The Labute approximate surface area is 120 Å². The van der Waals surface area contributed by atoms with Crippen LogP contribution < -0.4 is 27.1 Å². The van der Waals surface area contributed by atoms with Gasteiger partial charge in [-0.1, -0.05) is 11.6 Å². The van der Waals surface area contributed by atoms with Crippen LogP contribution in [0.2, 0.25) is 5.02 Å². The van der Waals surface area contributed by atoms with Gasteiger partial charge in [0.15, 0.2) is 0 Å². The number of hydrogen-bond acceptors (Lipinski definition) is 5. The predicted octanol–water partition coefficient (Wildman–Crippen LogP) is 1.30. The van der Waals surface area contributed by atoms with E-state index in [9.17, 15) is 9.59 Å². The van der Waals surface area contributed by atoms with Gasteiger partial charge in [-0.2, -0.15) is 0 Å². The fourth-order valence-electron chi connectivity index (χ4n) is 1.76. The number of ether oxygens (including phenoxy) is 1. The zero-order valence-electron chi connectivity index (χ0n) is 11.2. The van der Waals surface area contributed by atoms with Gasteiger partial charge in [-0.3, -0.25) is 9.59 Å². The van der Waals surface area contributed by atoms with Gasteiger partial charge in [0, 0.05) is 16.1 Å². The molecule has 20 heavy (non-hydrogen) atoms. The van der Waals surface area contributed by atoms with E-state index in [1.165, 1.54) is 0 Å². The zero-order chi connectivity index (χ0) is 15.1. The Morgan fingerprint density at radius 1 is 1.25 bits per heavy atom. The van der Waals surface area contributed by atoms with Gasteiger partial charge < -0.3 is 16.2 Å². The lowest BCUT2D eigenvalue weighted by Gasteiger charge is -2.21. The maximum Gasteiger partial charge on any atom is 0.249 e. The van der Waals surface area contributed by atoms with Gasteiger partial charge in [-0.15, -0.1) is 0 Å². The molecule has 2 aromatic carbocycles. The van der Waals surface area contributed by atoms with Crippen molar-refractivity contribution in [2.24, 2.45) is 5.73 Å². The summed E-state index contributed by atoms with van der Waals surface area (Å²) in [5.41, 5.74) is 10.2. The molecule has 0 aliphatic heterocycles. The molecule has 0 amide bonds. The lowest BCUT2D eigenvalue weighted by Crippen LogP contribution is -2.39. The molecule has 6 heteroatoms. The van der Waals surface area contributed by atoms with Crippen molar-refractivity contribution in [1.82, 2.24) is 0 Å². The smallest absolute Gasteiger partial charge is 0.249 e. The van der Waals surface area contributed by atoms with E-state index in [0.29, 0.717) is 16.3 Å². The molecule has 0 fully saturated rings. The molecule has 4 N–H and O–H groups in total. The maximum atomic E-state index is 11.6. The molecule has 0 aromatic heterocycles. The van der Waals surface area contributed by atoms with Gasteiger partial charge in [0.1, 0.15) is 12.4 Å². The Bertz CT molecular complexity index is 725. The summed E-state index contributed by atoms with van der Waals surface area (Å²) >= 11 is 5.92. The van der Waals surface area contributed by atoms with Crippen LogP contribution >= 0.6 is 11.6 Å². The SMILES string of the molecule is CC(C)(N)COc1cc(Cl)ccc1-c1c(N)c(=O)c1=O. The molecule has 0 saturated heterocycles. The van der Waals surface area contributed by atoms with E-state index in [-0.39, 0.29) is 17.9 Å². The third-order valence-electron chi connectivity index (χ3n) is 2.76. The van der Waals surface area contributed by atoms with E-state index in [0.717, 1.165) is 0 Å². The number of nitrogens with two attached hydrogens (primary N) is 2. The highest BCUT2D eigenvalue weighted by atomic mass is 35.5. The van der Waals surface area contributed by atoms with E-state index in [1.807, 2.05) is 13.8 Å². The van der Waals surface area contributed by atoms with E-state index in [4.69, 9.17) is 27.8 Å². The van der Waals surface area contributed by atoms with Crippen LogP contribution in [-0.2, 0) is 0 Å². The second-order valence-electron chi connectivity index (χ2n) is 5.36. The average Bonchev–Trinajstić information content (AvgIpc) is 2.37. The fourth-order valence-corrected chi connectivity index (χ4v) is 1.92. The number of halogens is 1. The van der Waals surface area contributed by atoms with Crippen LogP contribution in [0.1, 0.15) is 13.8 Å². The molecule has 0 saturated carbocycles. The standard InChI is InChI=1S/C14H15ClN2O3/c1-14(2,17)6-20-9-5-7(15)3-4-8(9)10-11(16)13(19)12(10)18/h3-5H,6,16-17H2,1-2H3. The van der Waals surface area contributed by atoms with Crippen molar-refractivity contribution < 1.29 is 4.74 Å². The highest BCUT2D eigenvalue weighted by molar-refractivity contribution is 6.30. The Hall–Kier alpha value is -1.85. The first-order valence-corrected chi connectivity index (χ1v) is 6.39. The summed E-state index contributed by atoms with van der Waals surface area (Å²) in [4.78, 5) is 22.8. The van der Waals surface area contributed by atoms with Crippen molar-refractivity contribution in [3.05, 3.63) is 43.7 Å². The number of rotatable bonds is 4. The largest absolute Gasteiger partial charge is 0.491 e. The van der Waals surface area contributed by atoms with Gasteiger partial charge in [-0.05, 0) is 32.0 Å². The van der Waals surface area contributed by atoms with Crippen LogP contribution in [0.25, 0.3) is 11.1 Å². The first-order valence-electron chi connectivity index (χ1n) is 6.01. The zero-order valence-corrected chi connectivity index (χ0v) is 12.0. The average molecular weight is 295 g/mol. The van der Waals surface area contributed by atoms with Gasteiger partial charge in [0.2, 0.25) is 10.9 Å². The molecular weight excluding hydrogens is 280 g/mol. The first kappa shape index (κ1) is 14.6. The number of anilines is 1. The summed E-state index contributed by atoms with van der Waals surface area (Å²) < 4.78 is 5.61. The highest BCUT2D eigenvalue weighted by Crippen LogP contribution is 2.33. The highest BCUT2D eigenvalue weighted by Gasteiger charge is 2.23. The number of hydrogen-bond donors (Lipinski definition) is 2. The Balaban J connectivity index is 2.44. The van der Waals surface area contributed by atoms with Gasteiger partial charge in [-0.25, -0.2) is 0 Å². The lowest BCUT2D eigenvalue weighted by atomic mass is 9.98. The number of benzene rings is 1. The molecule has 0 unspecified atom stereocenters. The van der Waals surface area contributed by atoms with Crippen molar-refractivity contribution in [2.45, 2.75) is 19.4 Å². The van der Waals surface area contributed by atoms with Crippen molar-refractivity contribution in [1.29, 1.82) is 0 Å². The summed E-state index contributed by atoms with van der Waals surface area (Å²) in [5.74, 6) is 0.384. The minimum absolute atomic E-state index is 0.0471. The lowest BCUT2D eigenvalue weighted by molar-refractivity contribution is 0.244. The van der Waals surface area contributed by atoms with E-state index < -0.39 is 16.4 Å². The van der Waals surface area contributed by atoms with Crippen molar-refractivity contribution >= 4 is 17.3 Å². The van der Waals surface area contributed by atoms with Crippen LogP contribution in [0.5, 0.6) is 5.75 Å². The van der Waals surface area contributed by atoms with Gasteiger partial charge >= 0.3 is 0 Å². The minimum Gasteiger partial charge on any atom is -0.491 e. The van der Waals surface area contributed by atoms with Crippen LogP contribution in [0.3, 0.4) is 0 Å². The monoisotopic (exact) mass is 294 g/mol. The third-order valence-corrected chi connectivity index (χ3v) is 3.00. The molecule has 2 aromatic rings. The van der Waals surface area contributed by atoms with Crippen LogP contribution in [0.4, 0.5) is 5.69 Å². The first-order chi connectivity index (χ1) is 9.20. The van der Waals surface area contributed by atoms with Gasteiger partial charge in [0.25, 0.3) is 0 Å². The van der Waals surface area contributed by atoms with Crippen LogP contribution in [0.15, 0.2) is 27.8 Å². The summed E-state index contributed by atoms with van der Waals surface area (Å²) in [6, 6.07) is 4.78. The maximum absolute atomic E-state index is 11.6. The molecular formula is C14H15ClN2O3. The van der Waals surface area contributed by atoms with E-state index in [2.05, 4.69) is 0 Å². The molecule has 0 radical (unpaired) electrons. The molecule has 5 nitrogen and oxygen atoms in total. The normalized spacial score (nSPS) is 11.8. The molecule has 0 atom stereocenters. The van der Waals surface area contributed by atoms with E-state index in [1.54, 1.807) is 18.2 Å². The molecule has 0 aliphatic carbocycles. The molecule has 0 heterocycles. The molecule has 0 spiro atoms. The Morgan fingerprint density at radius 2 is 1.90 bits per heavy atom. The van der Waals surface area contributed by atoms with Crippen LogP contribution in [-0.4, -0.2) is 12.1 Å². The number of nitrogen functional groups attached to an aromatic ring is 1. The second kappa shape index (κ2) is 4.92. The van der Waals surface area contributed by atoms with Crippen LogP contribution in [0, 0.1) is 0 Å². The second-order valence-corrected chi connectivity index (χ2v) is 5.80. The summed E-state index contributed by atoms with van der Waals surface area (Å²) in [6.45, 7) is 3.85. The van der Waals surface area contributed by atoms with Crippen molar-refractivity contribution in [2.75, 3.05) is 12.3 Å². The molecule has 0 aliphatic rings. The predicted molar refractivity (Wildman–Crippen MR) is 80.0 cm³/mol.